The highest BCUT2D eigenvalue weighted by atomic mass is 35.5. The third-order valence-corrected chi connectivity index (χ3v) is 5.90. The predicted molar refractivity (Wildman–Crippen MR) is 100 cm³/mol. The molecule has 7 heteroatoms. The van der Waals surface area contributed by atoms with Gasteiger partial charge in [-0.05, 0) is 51.6 Å². The van der Waals surface area contributed by atoms with Crippen molar-refractivity contribution >= 4 is 40.7 Å². The van der Waals surface area contributed by atoms with Crippen molar-refractivity contribution in [2.24, 2.45) is 5.92 Å². The van der Waals surface area contributed by atoms with Crippen LogP contribution in [0.5, 0.6) is 0 Å². The maximum absolute atomic E-state index is 12.9. The van der Waals surface area contributed by atoms with Crippen LogP contribution in [0.15, 0.2) is 18.2 Å². The van der Waals surface area contributed by atoms with Crippen LogP contribution in [-0.4, -0.2) is 61.4 Å². The van der Waals surface area contributed by atoms with Gasteiger partial charge in [0.2, 0.25) is 11.8 Å². The summed E-state index contributed by atoms with van der Waals surface area (Å²) in [6.45, 7) is 1.96. The number of anilines is 1. The normalized spacial score (nSPS) is 24.3. The standard InChI is InChI=1S/C18H23Cl2N3O2/c1-21(2)13-4-3-8-22(11-13)17(24)14-7-9-23(18(14)25)12-5-6-15(19)16(20)10-12/h5-6,10,13-14H,3-4,7-9,11H2,1-2H3. The molecule has 25 heavy (non-hydrogen) atoms. The Morgan fingerprint density at radius 3 is 2.60 bits per heavy atom. The molecule has 136 valence electrons. The number of carbonyl (C=O) groups excluding carboxylic acids is 2. The fourth-order valence-electron chi connectivity index (χ4n) is 3.62. The molecule has 0 radical (unpaired) electrons. The first-order chi connectivity index (χ1) is 11.9. The molecule has 0 aliphatic carbocycles. The van der Waals surface area contributed by atoms with Gasteiger partial charge in [-0.3, -0.25) is 9.59 Å². The molecule has 1 aromatic carbocycles. The smallest absolute Gasteiger partial charge is 0.239 e. The lowest BCUT2D eigenvalue weighted by Gasteiger charge is -2.37. The summed E-state index contributed by atoms with van der Waals surface area (Å²) >= 11 is 12.0. The minimum Gasteiger partial charge on any atom is -0.340 e. The van der Waals surface area contributed by atoms with Crippen LogP contribution in [-0.2, 0) is 9.59 Å². The number of likely N-dealkylation sites (tertiary alicyclic amines) is 1. The Labute approximate surface area is 158 Å². The summed E-state index contributed by atoms with van der Waals surface area (Å²) in [5, 5.41) is 0.860. The molecule has 1 aromatic rings. The number of benzene rings is 1. The first-order valence-electron chi connectivity index (χ1n) is 8.60. The molecular formula is C18H23Cl2N3O2. The summed E-state index contributed by atoms with van der Waals surface area (Å²) in [4.78, 5) is 31.3. The van der Waals surface area contributed by atoms with Gasteiger partial charge in [-0.15, -0.1) is 0 Å². The molecule has 2 aliphatic rings. The van der Waals surface area contributed by atoms with Crippen LogP contribution < -0.4 is 4.90 Å². The first-order valence-corrected chi connectivity index (χ1v) is 9.35. The van der Waals surface area contributed by atoms with E-state index in [1.807, 2.05) is 19.0 Å². The Hall–Kier alpha value is -1.30. The van der Waals surface area contributed by atoms with Crippen molar-refractivity contribution in [2.75, 3.05) is 38.6 Å². The number of carbonyl (C=O) groups is 2. The summed E-state index contributed by atoms with van der Waals surface area (Å²) in [5.41, 5.74) is 0.694. The van der Waals surface area contributed by atoms with Gasteiger partial charge in [-0.25, -0.2) is 0 Å². The molecule has 0 N–H and O–H groups in total. The molecule has 2 amide bonds. The van der Waals surface area contributed by atoms with E-state index >= 15 is 0 Å². The SMILES string of the molecule is CN(C)C1CCCN(C(=O)C2CCN(c3ccc(Cl)c(Cl)c3)C2=O)C1. The van der Waals surface area contributed by atoms with Gasteiger partial charge in [0.05, 0.1) is 10.0 Å². The van der Waals surface area contributed by atoms with Gasteiger partial charge in [0.25, 0.3) is 0 Å². The third-order valence-electron chi connectivity index (χ3n) is 5.16. The Bertz CT molecular complexity index is 680. The number of nitrogens with zero attached hydrogens (tertiary/aromatic N) is 3. The van der Waals surface area contributed by atoms with Gasteiger partial charge in [0.1, 0.15) is 5.92 Å². The Kier molecular flexibility index (Phi) is 5.56. The Balaban J connectivity index is 1.70. The van der Waals surface area contributed by atoms with Crippen LogP contribution >= 0.6 is 23.2 Å². The molecule has 0 bridgehead atoms. The molecular weight excluding hydrogens is 361 g/mol. The zero-order valence-electron chi connectivity index (χ0n) is 14.5. The van der Waals surface area contributed by atoms with Gasteiger partial charge in [-0.2, -0.15) is 0 Å². The van der Waals surface area contributed by atoms with E-state index in [4.69, 9.17) is 23.2 Å². The highest BCUT2D eigenvalue weighted by Gasteiger charge is 2.40. The molecule has 2 aliphatic heterocycles. The molecule has 2 fully saturated rings. The van der Waals surface area contributed by atoms with Gasteiger partial charge in [-0.1, -0.05) is 23.2 Å². The highest BCUT2D eigenvalue weighted by molar-refractivity contribution is 6.42. The highest BCUT2D eigenvalue weighted by Crippen LogP contribution is 2.32. The topological polar surface area (TPSA) is 43.9 Å². The third kappa shape index (κ3) is 3.78. The Morgan fingerprint density at radius 2 is 1.92 bits per heavy atom. The van der Waals surface area contributed by atoms with Crippen LogP contribution in [0.4, 0.5) is 5.69 Å². The van der Waals surface area contributed by atoms with E-state index in [1.165, 1.54) is 0 Å². The predicted octanol–water partition coefficient (Wildman–Crippen LogP) is 2.90. The zero-order chi connectivity index (χ0) is 18.1. The van der Waals surface area contributed by atoms with E-state index < -0.39 is 5.92 Å². The lowest BCUT2D eigenvalue weighted by atomic mass is 10.0. The monoisotopic (exact) mass is 383 g/mol. The molecule has 0 saturated carbocycles. The first kappa shape index (κ1) is 18.5. The second kappa shape index (κ2) is 7.52. The minimum atomic E-state index is -0.588. The quantitative estimate of drug-likeness (QED) is 0.753. The molecule has 0 spiro atoms. The fraction of sp³-hybridized carbons (Fsp3) is 0.556. The number of likely N-dealkylation sites (N-methyl/N-ethyl adjacent to an activating group) is 1. The van der Waals surface area contributed by atoms with Crippen LogP contribution in [0.3, 0.4) is 0 Å². The van der Waals surface area contributed by atoms with E-state index in [0.29, 0.717) is 41.3 Å². The van der Waals surface area contributed by atoms with Gasteiger partial charge in [0.15, 0.2) is 0 Å². The van der Waals surface area contributed by atoms with E-state index in [9.17, 15) is 9.59 Å². The van der Waals surface area contributed by atoms with Crippen molar-refractivity contribution < 1.29 is 9.59 Å². The summed E-state index contributed by atoms with van der Waals surface area (Å²) in [5.74, 6) is -0.773. The lowest BCUT2D eigenvalue weighted by Crippen LogP contribution is -2.50. The molecule has 0 aromatic heterocycles. The number of halogens is 2. The average Bonchev–Trinajstić information content (AvgIpc) is 2.98. The average molecular weight is 384 g/mol. The van der Waals surface area contributed by atoms with Crippen LogP contribution in [0.25, 0.3) is 0 Å². The van der Waals surface area contributed by atoms with Crippen LogP contribution in [0.1, 0.15) is 19.3 Å². The van der Waals surface area contributed by atoms with Crippen LogP contribution in [0.2, 0.25) is 10.0 Å². The summed E-state index contributed by atoms with van der Waals surface area (Å²) in [6.07, 6.45) is 2.61. The van der Waals surface area contributed by atoms with E-state index in [0.717, 1.165) is 19.4 Å². The van der Waals surface area contributed by atoms with Crippen molar-refractivity contribution in [3.63, 3.8) is 0 Å². The molecule has 5 nitrogen and oxygen atoms in total. The largest absolute Gasteiger partial charge is 0.340 e. The fourth-order valence-corrected chi connectivity index (χ4v) is 3.91. The van der Waals surface area contributed by atoms with E-state index in [-0.39, 0.29) is 11.8 Å². The maximum Gasteiger partial charge on any atom is 0.239 e. The minimum absolute atomic E-state index is 0.0425. The summed E-state index contributed by atoms with van der Waals surface area (Å²) in [6, 6.07) is 5.48. The molecule has 2 saturated heterocycles. The number of amides is 2. The van der Waals surface area contributed by atoms with Crippen molar-refractivity contribution in [3.8, 4) is 0 Å². The second-order valence-corrected chi connectivity index (χ2v) is 7.79. The zero-order valence-corrected chi connectivity index (χ0v) is 16.1. The van der Waals surface area contributed by atoms with Crippen molar-refractivity contribution in [3.05, 3.63) is 28.2 Å². The van der Waals surface area contributed by atoms with Crippen LogP contribution in [0, 0.1) is 5.92 Å². The molecule has 2 atom stereocenters. The molecule has 2 unspecified atom stereocenters. The van der Waals surface area contributed by atoms with Crippen molar-refractivity contribution in [1.29, 1.82) is 0 Å². The summed E-state index contributed by atoms with van der Waals surface area (Å²) in [7, 11) is 4.07. The second-order valence-electron chi connectivity index (χ2n) is 6.97. The number of piperidine rings is 1. The number of hydrogen-bond donors (Lipinski definition) is 0. The summed E-state index contributed by atoms with van der Waals surface area (Å²) < 4.78 is 0. The number of rotatable bonds is 3. The van der Waals surface area contributed by atoms with E-state index in [1.54, 1.807) is 23.1 Å². The molecule has 2 heterocycles. The van der Waals surface area contributed by atoms with Gasteiger partial charge < -0.3 is 14.7 Å². The number of hydrogen-bond acceptors (Lipinski definition) is 3. The maximum atomic E-state index is 12.9. The molecule has 3 rings (SSSR count). The van der Waals surface area contributed by atoms with Gasteiger partial charge >= 0.3 is 0 Å². The Morgan fingerprint density at radius 1 is 1.16 bits per heavy atom. The van der Waals surface area contributed by atoms with Crippen molar-refractivity contribution in [2.45, 2.75) is 25.3 Å². The lowest BCUT2D eigenvalue weighted by molar-refractivity contribution is -0.141. The van der Waals surface area contributed by atoms with E-state index in [2.05, 4.69) is 4.90 Å². The van der Waals surface area contributed by atoms with Gasteiger partial charge in [0, 0.05) is 31.4 Å². The van der Waals surface area contributed by atoms with Crippen molar-refractivity contribution in [1.82, 2.24) is 9.80 Å².